The molecule has 5 rings (SSSR count). The maximum atomic E-state index is 12.5. The van der Waals surface area contributed by atoms with E-state index in [9.17, 15) is 4.79 Å². The molecule has 150 valence electrons. The summed E-state index contributed by atoms with van der Waals surface area (Å²) in [4.78, 5) is 17.4. The lowest BCUT2D eigenvalue weighted by Crippen LogP contribution is -2.46. The molecule has 1 aromatic carbocycles. The summed E-state index contributed by atoms with van der Waals surface area (Å²) in [6.07, 6.45) is 4.09. The molecule has 0 amide bonds. The van der Waals surface area contributed by atoms with Crippen LogP contribution >= 0.6 is 22.9 Å². The second-order valence-corrected chi connectivity index (χ2v) is 9.28. The molecule has 1 aliphatic rings. The number of benzene rings is 1. The number of piperazine rings is 1. The highest BCUT2D eigenvalue weighted by Gasteiger charge is 2.20. The third kappa shape index (κ3) is 3.82. The Morgan fingerprint density at radius 1 is 0.966 bits per heavy atom. The van der Waals surface area contributed by atoms with Gasteiger partial charge in [0.1, 0.15) is 5.82 Å². The molecule has 0 aliphatic carbocycles. The molecule has 29 heavy (non-hydrogen) atoms. The molecular weight excluding hydrogens is 400 g/mol. The Balaban J connectivity index is 1.11. The van der Waals surface area contributed by atoms with Crippen molar-refractivity contribution in [2.24, 2.45) is 0 Å². The topological polar surface area (TPSA) is 41.4 Å². The molecule has 7 heteroatoms. The fourth-order valence-corrected chi connectivity index (χ4v) is 5.71. The maximum Gasteiger partial charge on any atom is 0.268 e. The van der Waals surface area contributed by atoms with E-state index in [2.05, 4.69) is 40.1 Å². The lowest BCUT2D eigenvalue weighted by molar-refractivity contribution is 0.251. The highest BCUT2D eigenvalue weighted by atomic mass is 32.1. The molecule has 0 unspecified atom stereocenters. The summed E-state index contributed by atoms with van der Waals surface area (Å²) in [5.74, 6) is 1.15. The second kappa shape index (κ2) is 8.26. The Morgan fingerprint density at radius 3 is 2.69 bits per heavy atom. The fraction of sp³-hybridized carbons (Fsp3) is 0.364. The van der Waals surface area contributed by atoms with Crippen LogP contribution < -0.4 is 10.5 Å². The largest absolute Gasteiger partial charge is 0.353 e. The van der Waals surface area contributed by atoms with Crippen molar-refractivity contribution in [3.05, 3.63) is 58.3 Å². The van der Waals surface area contributed by atoms with Crippen molar-refractivity contribution in [2.45, 2.75) is 19.4 Å². The van der Waals surface area contributed by atoms with Gasteiger partial charge in [0.15, 0.2) is 0 Å². The zero-order valence-electron chi connectivity index (χ0n) is 16.3. The summed E-state index contributed by atoms with van der Waals surface area (Å²) >= 11 is 3.13. The number of fused-ring (bicyclic) bond motifs is 2. The summed E-state index contributed by atoms with van der Waals surface area (Å²) in [6, 6.07) is 12.6. The van der Waals surface area contributed by atoms with Crippen LogP contribution in [0, 0.1) is 0 Å². The number of nitrogens with zero attached hydrogens (tertiary/aromatic N) is 4. The van der Waals surface area contributed by atoms with E-state index in [4.69, 9.17) is 4.37 Å². The van der Waals surface area contributed by atoms with Gasteiger partial charge in [0.25, 0.3) is 5.56 Å². The minimum atomic E-state index is 0.154. The van der Waals surface area contributed by atoms with Gasteiger partial charge < -0.3 is 9.47 Å². The second-order valence-electron chi connectivity index (χ2n) is 7.56. The van der Waals surface area contributed by atoms with Crippen molar-refractivity contribution < 1.29 is 0 Å². The molecule has 4 aromatic rings. The number of hydrogen-bond acceptors (Lipinski definition) is 6. The Labute approximate surface area is 178 Å². The predicted octanol–water partition coefficient (Wildman–Crippen LogP) is 4.28. The number of pyridine rings is 1. The molecule has 5 nitrogen and oxygen atoms in total. The van der Waals surface area contributed by atoms with Crippen LogP contribution in [0.15, 0.2) is 52.8 Å². The van der Waals surface area contributed by atoms with E-state index in [0.717, 1.165) is 68.0 Å². The molecule has 1 aliphatic heterocycles. The van der Waals surface area contributed by atoms with Crippen molar-refractivity contribution >= 4 is 48.9 Å². The van der Waals surface area contributed by atoms with Crippen LogP contribution in [-0.4, -0.2) is 46.6 Å². The molecule has 0 atom stereocenters. The smallest absolute Gasteiger partial charge is 0.268 e. The molecule has 0 spiro atoms. The first-order chi connectivity index (χ1) is 14.3. The van der Waals surface area contributed by atoms with Gasteiger partial charge in [-0.05, 0) is 66.0 Å². The molecule has 0 bridgehead atoms. The first-order valence-electron chi connectivity index (χ1n) is 10.2. The van der Waals surface area contributed by atoms with Crippen molar-refractivity contribution in [3.63, 3.8) is 0 Å². The Kier molecular flexibility index (Phi) is 5.35. The van der Waals surface area contributed by atoms with Crippen LogP contribution in [0.3, 0.4) is 0 Å². The van der Waals surface area contributed by atoms with Gasteiger partial charge in [0.2, 0.25) is 0 Å². The summed E-state index contributed by atoms with van der Waals surface area (Å²) < 4.78 is 8.70. The van der Waals surface area contributed by atoms with Crippen LogP contribution in [0.1, 0.15) is 12.8 Å². The number of anilines is 1. The fourth-order valence-electron chi connectivity index (χ4n) is 4.07. The van der Waals surface area contributed by atoms with Gasteiger partial charge in [-0.2, -0.15) is 4.37 Å². The van der Waals surface area contributed by atoms with E-state index >= 15 is 0 Å². The van der Waals surface area contributed by atoms with Crippen molar-refractivity contribution in [1.82, 2.24) is 13.8 Å². The average molecular weight is 425 g/mol. The van der Waals surface area contributed by atoms with Crippen LogP contribution in [0.25, 0.3) is 20.2 Å². The van der Waals surface area contributed by atoms with E-state index in [1.165, 1.54) is 21.4 Å². The van der Waals surface area contributed by atoms with E-state index in [1.807, 2.05) is 22.2 Å². The van der Waals surface area contributed by atoms with Crippen molar-refractivity contribution in [1.29, 1.82) is 0 Å². The van der Waals surface area contributed by atoms with Gasteiger partial charge in [-0.15, -0.1) is 11.3 Å². The molecule has 4 heterocycles. The molecule has 1 fully saturated rings. The zero-order valence-corrected chi connectivity index (χ0v) is 17.9. The van der Waals surface area contributed by atoms with Gasteiger partial charge in [-0.3, -0.25) is 9.69 Å². The van der Waals surface area contributed by atoms with E-state index in [0.29, 0.717) is 0 Å². The quantitative estimate of drug-likeness (QED) is 0.433. The minimum Gasteiger partial charge on any atom is -0.353 e. The van der Waals surface area contributed by atoms with Crippen LogP contribution in [0.5, 0.6) is 0 Å². The SMILES string of the molecule is O=c1c2sccc2ccn1CCCCN1CCN(c2nsc3ccccc23)CC1. The zero-order chi connectivity index (χ0) is 19.6. The average Bonchev–Trinajstić information content (AvgIpc) is 3.41. The summed E-state index contributed by atoms with van der Waals surface area (Å²) in [6.45, 7) is 6.11. The Hall–Kier alpha value is -2.22. The van der Waals surface area contributed by atoms with Gasteiger partial charge >= 0.3 is 0 Å². The van der Waals surface area contributed by atoms with Crippen LogP contribution in [0.2, 0.25) is 0 Å². The third-order valence-electron chi connectivity index (χ3n) is 5.74. The van der Waals surface area contributed by atoms with Gasteiger partial charge in [-0.25, -0.2) is 0 Å². The lowest BCUT2D eigenvalue weighted by atomic mass is 10.2. The minimum absolute atomic E-state index is 0.154. The number of unbranched alkanes of at least 4 members (excludes halogenated alkanes) is 1. The summed E-state index contributed by atoms with van der Waals surface area (Å²) in [5.41, 5.74) is 0.154. The van der Waals surface area contributed by atoms with E-state index in [-0.39, 0.29) is 5.56 Å². The predicted molar refractivity (Wildman–Crippen MR) is 124 cm³/mol. The summed E-state index contributed by atoms with van der Waals surface area (Å²) in [7, 11) is 0. The first-order valence-corrected chi connectivity index (χ1v) is 11.8. The normalized spacial score (nSPS) is 15.5. The summed E-state index contributed by atoms with van der Waals surface area (Å²) in [5, 5.41) is 4.32. The number of rotatable bonds is 6. The maximum absolute atomic E-state index is 12.5. The molecule has 1 saturated heterocycles. The van der Waals surface area contributed by atoms with E-state index in [1.54, 1.807) is 11.5 Å². The number of thiophene rings is 1. The molecule has 0 radical (unpaired) electrons. The monoisotopic (exact) mass is 424 g/mol. The highest BCUT2D eigenvalue weighted by Crippen LogP contribution is 2.29. The highest BCUT2D eigenvalue weighted by molar-refractivity contribution is 7.17. The molecule has 3 aromatic heterocycles. The molecular formula is C22H24N4OS2. The first kappa shape index (κ1) is 18.8. The van der Waals surface area contributed by atoms with Crippen LogP contribution in [0.4, 0.5) is 5.82 Å². The third-order valence-corrected chi connectivity index (χ3v) is 7.47. The number of aryl methyl sites for hydroxylation is 1. The van der Waals surface area contributed by atoms with Crippen molar-refractivity contribution in [3.8, 4) is 0 Å². The lowest BCUT2D eigenvalue weighted by Gasteiger charge is -2.35. The van der Waals surface area contributed by atoms with Crippen molar-refractivity contribution in [2.75, 3.05) is 37.6 Å². The van der Waals surface area contributed by atoms with Crippen LogP contribution in [-0.2, 0) is 6.54 Å². The van der Waals surface area contributed by atoms with Gasteiger partial charge in [0, 0.05) is 44.3 Å². The standard InChI is InChI=1S/C22H24N4OS2/c27-22-20-17(8-16-28-20)7-11-26(22)10-4-3-9-24-12-14-25(15-13-24)21-18-5-1-2-6-19(18)29-23-21/h1-2,5-8,11,16H,3-4,9-10,12-15H2. The van der Waals surface area contributed by atoms with Gasteiger partial charge in [0.05, 0.1) is 9.40 Å². The Bertz CT molecular complexity index is 1170. The molecule has 0 saturated carbocycles. The number of hydrogen-bond donors (Lipinski definition) is 0. The Morgan fingerprint density at radius 2 is 1.79 bits per heavy atom. The molecule has 0 N–H and O–H groups in total. The van der Waals surface area contributed by atoms with E-state index < -0.39 is 0 Å². The van der Waals surface area contributed by atoms with Gasteiger partial charge in [-0.1, -0.05) is 12.1 Å². The number of aromatic nitrogens is 2.